The van der Waals surface area contributed by atoms with Gasteiger partial charge in [-0.3, -0.25) is 0 Å². The molecule has 0 amide bonds. The highest BCUT2D eigenvalue weighted by Gasteiger charge is 2.38. The van der Waals surface area contributed by atoms with Gasteiger partial charge in [0, 0.05) is 6.61 Å². The van der Waals surface area contributed by atoms with Gasteiger partial charge in [0.15, 0.2) is 5.82 Å². The highest BCUT2D eigenvalue weighted by Crippen LogP contribution is 2.27. The van der Waals surface area contributed by atoms with Crippen LogP contribution in [0.3, 0.4) is 0 Å². The van der Waals surface area contributed by atoms with Gasteiger partial charge in [-0.15, -0.1) is 0 Å². The molecule has 1 unspecified atom stereocenters. The normalized spacial score (nSPS) is 20.4. The van der Waals surface area contributed by atoms with Crippen LogP contribution in [0.2, 0.25) is 0 Å². The Balaban J connectivity index is 1.89. The first kappa shape index (κ1) is 15.2. The standard InChI is InChI=1S/C9H12F3N3O4S/c10-9(11,12)8-14-7(15-19-8)4-13-20(16,17)5-6-2-1-3-18-6/h6,13H,1-5H2. The van der Waals surface area contributed by atoms with Crippen molar-refractivity contribution in [3.63, 3.8) is 0 Å². The van der Waals surface area contributed by atoms with Gasteiger partial charge in [0.2, 0.25) is 10.0 Å². The van der Waals surface area contributed by atoms with Crippen LogP contribution in [0.15, 0.2) is 4.52 Å². The van der Waals surface area contributed by atoms with Gasteiger partial charge < -0.3 is 9.26 Å². The monoisotopic (exact) mass is 315 g/mol. The molecule has 1 aromatic heterocycles. The predicted molar refractivity (Wildman–Crippen MR) is 58.9 cm³/mol. The number of sulfonamides is 1. The number of alkyl halides is 3. The molecule has 2 heterocycles. The number of aromatic nitrogens is 2. The Labute approximate surface area is 112 Å². The fraction of sp³-hybridized carbons (Fsp3) is 0.778. The van der Waals surface area contributed by atoms with Crippen molar-refractivity contribution in [2.24, 2.45) is 0 Å². The van der Waals surface area contributed by atoms with E-state index < -0.39 is 28.6 Å². The molecule has 0 saturated carbocycles. The van der Waals surface area contributed by atoms with Crippen molar-refractivity contribution in [1.29, 1.82) is 0 Å². The Hall–Kier alpha value is -1.20. The Kier molecular flexibility index (Phi) is 4.30. The maximum absolute atomic E-state index is 12.2. The Bertz CT molecular complexity index is 551. The molecule has 1 fully saturated rings. The maximum atomic E-state index is 12.2. The van der Waals surface area contributed by atoms with E-state index in [4.69, 9.17) is 4.74 Å². The second-order valence-corrected chi connectivity index (χ2v) is 6.10. The van der Waals surface area contributed by atoms with Crippen molar-refractivity contribution in [1.82, 2.24) is 14.9 Å². The second kappa shape index (κ2) is 5.66. The summed E-state index contributed by atoms with van der Waals surface area (Å²) in [6, 6.07) is 0. The lowest BCUT2D eigenvalue weighted by Crippen LogP contribution is -2.31. The first-order valence-electron chi connectivity index (χ1n) is 5.75. The number of nitrogens with one attached hydrogen (secondary N) is 1. The third-order valence-corrected chi connectivity index (χ3v) is 3.98. The number of rotatable bonds is 5. The first-order chi connectivity index (χ1) is 9.26. The molecular weight excluding hydrogens is 303 g/mol. The van der Waals surface area contributed by atoms with Gasteiger partial charge in [-0.05, 0) is 12.8 Å². The second-order valence-electron chi connectivity index (χ2n) is 4.25. The molecule has 114 valence electrons. The van der Waals surface area contributed by atoms with Crippen LogP contribution in [0.25, 0.3) is 0 Å². The van der Waals surface area contributed by atoms with Crippen molar-refractivity contribution in [3.8, 4) is 0 Å². The van der Waals surface area contributed by atoms with E-state index in [1.165, 1.54) is 0 Å². The molecule has 0 spiro atoms. The summed E-state index contributed by atoms with van der Waals surface area (Å²) in [5, 5.41) is 3.05. The largest absolute Gasteiger partial charge is 0.471 e. The summed E-state index contributed by atoms with van der Waals surface area (Å²) in [6.45, 7) is 0.0502. The average molecular weight is 315 g/mol. The molecule has 0 aliphatic carbocycles. The third kappa shape index (κ3) is 4.15. The van der Waals surface area contributed by atoms with E-state index >= 15 is 0 Å². The molecule has 0 radical (unpaired) electrons. The molecule has 2 rings (SSSR count). The first-order valence-corrected chi connectivity index (χ1v) is 7.40. The highest BCUT2D eigenvalue weighted by molar-refractivity contribution is 7.89. The Morgan fingerprint density at radius 2 is 2.15 bits per heavy atom. The van der Waals surface area contributed by atoms with Crippen molar-refractivity contribution in [3.05, 3.63) is 11.7 Å². The highest BCUT2D eigenvalue weighted by atomic mass is 32.2. The maximum Gasteiger partial charge on any atom is 0.471 e. The zero-order chi connectivity index (χ0) is 14.8. The van der Waals surface area contributed by atoms with Crippen molar-refractivity contribution in [2.75, 3.05) is 12.4 Å². The van der Waals surface area contributed by atoms with Gasteiger partial charge in [0.25, 0.3) is 0 Å². The molecule has 1 saturated heterocycles. The van der Waals surface area contributed by atoms with Crippen molar-refractivity contribution >= 4 is 10.0 Å². The summed E-state index contributed by atoms with van der Waals surface area (Å²) in [5.74, 6) is -2.13. The van der Waals surface area contributed by atoms with E-state index in [0.717, 1.165) is 6.42 Å². The fourth-order valence-corrected chi connectivity index (χ4v) is 2.91. The Morgan fingerprint density at radius 3 is 2.70 bits per heavy atom. The molecule has 1 aliphatic rings. The molecule has 1 atom stereocenters. The van der Waals surface area contributed by atoms with Crippen LogP contribution in [0.1, 0.15) is 24.6 Å². The lowest BCUT2D eigenvalue weighted by atomic mass is 10.3. The van der Waals surface area contributed by atoms with Crippen molar-refractivity contribution < 1.29 is 30.8 Å². The predicted octanol–water partition coefficient (Wildman–Crippen LogP) is 0.687. The van der Waals surface area contributed by atoms with Gasteiger partial charge in [0.05, 0.1) is 18.4 Å². The van der Waals surface area contributed by atoms with Crippen molar-refractivity contribution in [2.45, 2.75) is 31.7 Å². The van der Waals surface area contributed by atoms with E-state index in [2.05, 4.69) is 19.4 Å². The summed E-state index contributed by atoms with van der Waals surface area (Å²) in [4.78, 5) is 3.06. The fourth-order valence-electron chi connectivity index (χ4n) is 1.69. The molecule has 0 aromatic carbocycles. The van der Waals surface area contributed by atoms with Crippen LogP contribution >= 0.6 is 0 Å². The smallest absolute Gasteiger partial charge is 0.377 e. The van der Waals surface area contributed by atoms with Gasteiger partial charge >= 0.3 is 12.1 Å². The molecule has 1 N–H and O–H groups in total. The van der Waals surface area contributed by atoms with Gasteiger partial charge in [-0.1, -0.05) is 5.16 Å². The lowest BCUT2D eigenvalue weighted by Gasteiger charge is -2.09. The molecular formula is C9H12F3N3O4S. The minimum atomic E-state index is -4.75. The SMILES string of the molecule is O=S(=O)(CC1CCCO1)NCc1noc(C(F)(F)F)n1. The summed E-state index contributed by atoms with van der Waals surface area (Å²) in [6.07, 6.45) is -3.70. The van der Waals surface area contributed by atoms with E-state index in [0.29, 0.717) is 13.0 Å². The van der Waals surface area contributed by atoms with Crippen LogP contribution < -0.4 is 4.72 Å². The molecule has 0 bridgehead atoms. The third-order valence-electron chi connectivity index (χ3n) is 2.59. The van der Waals surface area contributed by atoms with Gasteiger partial charge in [0.1, 0.15) is 0 Å². The van der Waals surface area contributed by atoms with Crippen LogP contribution in [-0.2, 0) is 27.5 Å². The van der Waals surface area contributed by atoms with Crippen LogP contribution in [0, 0.1) is 0 Å². The lowest BCUT2D eigenvalue weighted by molar-refractivity contribution is -0.159. The summed E-state index contributed by atoms with van der Waals surface area (Å²) in [7, 11) is -3.67. The summed E-state index contributed by atoms with van der Waals surface area (Å²) < 4.78 is 71.2. The summed E-state index contributed by atoms with van der Waals surface area (Å²) in [5.41, 5.74) is 0. The van der Waals surface area contributed by atoms with Crippen LogP contribution in [0.5, 0.6) is 0 Å². The zero-order valence-electron chi connectivity index (χ0n) is 10.2. The molecule has 7 nitrogen and oxygen atoms in total. The average Bonchev–Trinajstić information content (AvgIpc) is 2.95. The number of ether oxygens (including phenoxy) is 1. The van der Waals surface area contributed by atoms with Gasteiger partial charge in [-0.25, -0.2) is 13.1 Å². The van der Waals surface area contributed by atoms with E-state index in [1.54, 1.807) is 0 Å². The van der Waals surface area contributed by atoms with Crippen LogP contribution in [0.4, 0.5) is 13.2 Å². The molecule has 1 aliphatic heterocycles. The van der Waals surface area contributed by atoms with E-state index in [9.17, 15) is 21.6 Å². The number of nitrogens with zero attached hydrogens (tertiary/aromatic N) is 2. The molecule has 20 heavy (non-hydrogen) atoms. The topological polar surface area (TPSA) is 94.3 Å². The summed E-state index contributed by atoms with van der Waals surface area (Å²) >= 11 is 0. The molecule has 1 aromatic rings. The number of hydrogen-bond acceptors (Lipinski definition) is 6. The number of halogens is 3. The quantitative estimate of drug-likeness (QED) is 0.859. The van der Waals surface area contributed by atoms with E-state index in [-0.39, 0.29) is 17.7 Å². The molecule has 11 heteroatoms. The van der Waals surface area contributed by atoms with Crippen LogP contribution in [-0.4, -0.2) is 37.0 Å². The van der Waals surface area contributed by atoms with E-state index in [1.807, 2.05) is 0 Å². The minimum Gasteiger partial charge on any atom is -0.377 e. The minimum absolute atomic E-state index is 0.239. The Morgan fingerprint density at radius 1 is 1.40 bits per heavy atom. The number of hydrogen-bond donors (Lipinski definition) is 1. The van der Waals surface area contributed by atoms with Gasteiger partial charge in [-0.2, -0.15) is 18.2 Å². The zero-order valence-corrected chi connectivity index (χ0v) is 11.0.